The molecule has 1 aromatic rings. The van der Waals surface area contributed by atoms with Crippen molar-refractivity contribution in [2.45, 2.75) is 39.8 Å². The molecule has 0 unspecified atom stereocenters. The van der Waals surface area contributed by atoms with Gasteiger partial charge in [-0.3, -0.25) is 20.0 Å². The van der Waals surface area contributed by atoms with Crippen molar-refractivity contribution in [1.29, 1.82) is 0 Å². The Hall–Kier alpha value is -1.37. The predicted octanol–water partition coefficient (Wildman–Crippen LogP) is 1.11. The van der Waals surface area contributed by atoms with Crippen molar-refractivity contribution >= 4 is 5.91 Å². The van der Waals surface area contributed by atoms with Crippen LogP contribution in [0.15, 0.2) is 10.5 Å². The van der Waals surface area contributed by atoms with Crippen molar-refractivity contribution in [3.63, 3.8) is 0 Å². The standard InChI is InChI=1S/C15H26N4O2/c1-11-12(9-13(21-11)14(20)17-16)10-18-5-7-19(8-6-18)15(2,3)4/h9H,5-8,10,16H2,1-4H3,(H,17,20). The molecule has 21 heavy (non-hydrogen) atoms. The second kappa shape index (κ2) is 6.17. The number of nitrogens with two attached hydrogens (primary N) is 1. The molecule has 0 spiro atoms. The van der Waals surface area contributed by atoms with Gasteiger partial charge in [0, 0.05) is 43.8 Å². The zero-order chi connectivity index (χ0) is 15.6. The minimum atomic E-state index is -0.387. The van der Waals surface area contributed by atoms with Crippen LogP contribution in [0.3, 0.4) is 0 Å². The van der Waals surface area contributed by atoms with E-state index in [2.05, 4.69) is 36.0 Å². The highest BCUT2D eigenvalue weighted by molar-refractivity contribution is 5.91. The fourth-order valence-corrected chi connectivity index (χ4v) is 2.68. The van der Waals surface area contributed by atoms with Crippen LogP contribution < -0.4 is 11.3 Å². The third-order valence-electron chi connectivity index (χ3n) is 4.09. The number of nitrogens with zero attached hydrogens (tertiary/aromatic N) is 2. The summed E-state index contributed by atoms with van der Waals surface area (Å²) in [6.45, 7) is 13.6. The van der Waals surface area contributed by atoms with E-state index in [1.807, 2.05) is 6.92 Å². The SMILES string of the molecule is Cc1oc(C(=O)NN)cc1CN1CCN(C(C)(C)C)CC1. The summed E-state index contributed by atoms with van der Waals surface area (Å²) >= 11 is 0. The second-order valence-electron chi connectivity index (χ2n) is 6.60. The Balaban J connectivity index is 1.95. The van der Waals surface area contributed by atoms with Gasteiger partial charge >= 0.3 is 5.91 Å². The van der Waals surface area contributed by atoms with Gasteiger partial charge in [0.2, 0.25) is 0 Å². The van der Waals surface area contributed by atoms with E-state index in [-0.39, 0.29) is 17.2 Å². The molecule has 0 bridgehead atoms. The van der Waals surface area contributed by atoms with Gasteiger partial charge < -0.3 is 4.42 Å². The number of nitrogen functional groups attached to an aromatic ring is 1. The number of aryl methyl sites for hydroxylation is 1. The lowest BCUT2D eigenvalue weighted by atomic mass is 10.0. The van der Waals surface area contributed by atoms with E-state index in [0.717, 1.165) is 44.0 Å². The first-order valence-electron chi connectivity index (χ1n) is 7.39. The lowest BCUT2D eigenvalue weighted by Crippen LogP contribution is -2.53. The minimum absolute atomic E-state index is 0.226. The molecular weight excluding hydrogens is 268 g/mol. The van der Waals surface area contributed by atoms with Crippen LogP contribution in [0.4, 0.5) is 0 Å². The van der Waals surface area contributed by atoms with Crippen molar-refractivity contribution in [3.8, 4) is 0 Å². The molecule has 2 rings (SSSR count). The number of rotatable bonds is 3. The summed E-state index contributed by atoms with van der Waals surface area (Å²) in [5.41, 5.74) is 3.37. The Bertz CT molecular complexity index is 496. The van der Waals surface area contributed by atoms with Gasteiger partial charge in [-0.2, -0.15) is 0 Å². The van der Waals surface area contributed by atoms with Gasteiger partial charge in [0.05, 0.1) is 0 Å². The number of nitrogens with one attached hydrogen (secondary N) is 1. The molecule has 0 radical (unpaired) electrons. The molecule has 1 amide bonds. The molecular formula is C15H26N4O2. The normalized spacial score (nSPS) is 18.0. The number of furan rings is 1. The van der Waals surface area contributed by atoms with E-state index in [1.54, 1.807) is 6.07 Å². The lowest BCUT2D eigenvalue weighted by Gasteiger charge is -2.42. The number of carbonyl (C=O) groups excluding carboxylic acids is 1. The van der Waals surface area contributed by atoms with Gasteiger partial charge in [-0.1, -0.05) is 0 Å². The summed E-state index contributed by atoms with van der Waals surface area (Å²) in [6.07, 6.45) is 0. The number of hydrazine groups is 1. The molecule has 2 heterocycles. The number of piperazine rings is 1. The summed E-state index contributed by atoms with van der Waals surface area (Å²) in [5, 5.41) is 0. The number of carbonyl (C=O) groups is 1. The maximum atomic E-state index is 11.5. The predicted molar refractivity (Wildman–Crippen MR) is 81.7 cm³/mol. The fourth-order valence-electron chi connectivity index (χ4n) is 2.68. The maximum Gasteiger partial charge on any atom is 0.300 e. The third-order valence-corrected chi connectivity index (χ3v) is 4.09. The van der Waals surface area contributed by atoms with E-state index in [0.29, 0.717) is 0 Å². The van der Waals surface area contributed by atoms with Crippen molar-refractivity contribution in [3.05, 3.63) is 23.2 Å². The van der Waals surface area contributed by atoms with Gasteiger partial charge in [-0.05, 0) is 33.8 Å². The topological polar surface area (TPSA) is 74.7 Å². The number of amides is 1. The molecule has 0 atom stereocenters. The van der Waals surface area contributed by atoms with Crippen molar-refractivity contribution in [1.82, 2.24) is 15.2 Å². The van der Waals surface area contributed by atoms with Crippen LogP contribution in [0, 0.1) is 6.92 Å². The van der Waals surface area contributed by atoms with E-state index >= 15 is 0 Å². The van der Waals surface area contributed by atoms with Crippen LogP contribution in [0.2, 0.25) is 0 Å². The minimum Gasteiger partial charge on any atom is -0.456 e. The Morgan fingerprint density at radius 1 is 1.33 bits per heavy atom. The van der Waals surface area contributed by atoms with Crippen molar-refractivity contribution in [2.24, 2.45) is 5.84 Å². The number of hydrogen-bond donors (Lipinski definition) is 2. The average Bonchev–Trinajstić information content (AvgIpc) is 2.79. The molecule has 1 aliphatic rings. The molecule has 6 heteroatoms. The van der Waals surface area contributed by atoms with Crippen LogP contribution in [-0.2, 0) is 6.54 Å². The molecule has 118 valence electrons. The molecule has 0 aromatic carbocycles. The van der Waals surface area contributed by atoms with E-state index in [4.69, 9.17) is 10.3 Å². The molecule has 1 aliphatic heterocycles. The highest BCUT2D eigenvalue weighted by atomic mass is 16.4. The van der Waals surface area contributed by atoms with E-state index < -0.39 is 0 Å². The molecule has 1 aromatic heterocycles. The number of hydrogen-bond acceptors (Lipinski definition) is 5. The van der Waals surface area contributed by atoms with E-state index in [9.17, 15) is 4.79 Å². The second-order valence-corrected chi connectivity index (χ2v) is 6.60. The lowest BCUT2D eigenvalue weighted by molar-refractivity contribution is 0.0589. The smallest absolute Gasteiger partial charge is 0.300 e. The Kier molecular flexibility index (Phi) is 4.70. The zero-order valence-corrected chi connectivity index (χ0v) is 13.4. The van der Waals surface area contributed by atoms with Crippen LogP contribution in [0.25, 0.3) is 0 Å². The molecule has 1 fully saturated rings. The first kappa shape index (κ1) is 16.0. The van der Waals surface area contributed by atoms with Crippen LogP contribution in [0.1, 0.15) is 42.6 Å². The van der Waals surface area contributed by atoms with Crippen molar-refractivity contribution in [2.75, 3.05) is 26.2 Å². The zero-order valence-electron chi connectivity index (χ0n) is 13.4. The van der Waals surface area contributed by atoms with Crippen LogP contribution in [-0.4, -0.2) is 47.4 Å². The fraction of sp³-hybridized carbons (Fsp3) is 0.667. The average molecular weight is 294 g/mol. The summed E-state index contributed by atoms with van der Waals surface area (Å²) in [7, 11) is 0. The Morgan fingerprint density at radius 2 is 1.95 bits per heavy atom. The van der Waals surface area contributed by atoms with Gasteiger partial charge in [0.15, 0.2) is 5.76 Å². The molecule has 3 N–H and O–H groups in total. The summed E-state index contributed by atoms with van der Waals surface area (Å²) < 4.78 is 5.46. The molecule has 1 saturated heterocycles. The summed E-state index contributed by atoms with van der Waals surface area (Å²) in [5.74, 6) is 5.80. The van der Waals surface area contributed by atoms with Gasteiger partial charge in [0.1, 0.15) is 5.76 Å². The summed E-state index contributed by atoms with van der Waals surface area (Å²) in [6, 6.07) is 1.79. The van der Waals surface area contributed by atoms with Gasteiger partial charge in [-0.15, -0.1) is 0 Å². The molecule has 0 aliphatic carbocycles. The largest absolute Gasteiger partial charge is 0.456 e. The third kappa shape index (κ3) is 3.84. The molecule has 6 nitrogen and oxygen atoms in total. The quantitative estimate of drug-likeness (QED) is 0.496. The van der Waals surface area contributed by atoms with Gasteiger partial charge in [-0.25, -0.2) is 5.84 Å². The van der Waals surface area contributed by atoms with Crippen LogP contribution in [0.5, 0.6) is 0 Å². The van der Waals surface area contributed by atoms with Crippen molar-refractivity contribution < 1.29 is 9.21 Å². The Labute approximate surface area is 126 Å². The maximum absolute atomic E-state index is 11.5. The Morgan fingerprint density at radius 3 is 2.48 bits per heavy atom. The van der Waals surface area contributed by atoms with Crippen LogP contribution >= 0.6 is 0 Å². The molecule has 0 saturated carbocycles. The van der Waals surface area contributed by atoms with E-state index in [1.165, 1.54) is 0 Å². The monoisotopic (exact) mass is 294 g/mol. The van der Waals surface area contributed by atoms with Gasteiger partial charge in [0.25, 0.3) is 0 Å². The highest BCUT2D eigenvalue weighted by Crippen LogP contribution is 2.20. The first-order chi connectivity index (χ1) is 9.81. The first-order valence-corrected chi connectivity index (χ1v) is 7.39. The summed E-state index contributed by atoms with van der Waals surface area (Å²) in [4.78, 5) is 16.4. The highest BCUT2D eigenvalue weighted by Gasteiger charge is 2.26.